The normalized spacial score (nSPS) is 16.1. The molecule has 0 fully saturated rings. The Morgan fingerprint density at radius 2 is 1.86 bits per heavy atom. The molecule has 1 atom stereocenters. The van der Waals surface area contributed by atoms with Gasteiger partial charge >= 0.3 is 6.03 Å². The predicted molar refractivity (Wildman–Crippen MR) is 110 cm³/mol. The summed E-state index contributed by atoms with van der Waals surface area (Å²) in [7, 11) is 5.48. The molecule has 0 aromatic heterocycles. The molecule has 146 valence electrons. The summed E-state index contributed by atoms with van der Waals surface area (Å²) < 4.78 is 5.20. The molecule has 0 unspecified atom stereocenters. The van der Waals surface area contributed by atoms with Crippen LogP contribution < -0.4 is 25.6 Å². The van der Waals surface area contributed by atoms with Gasteiger partial charge < -0.3 is 25.6 Å². The Bertz CT molecular complexity index is 920. The summed E-state index contributed by atoms with van der Waals surface area (Å²) in [4.78, 5) is 27.1. The second-order valence-corrected chi connectivity index (χ2v) is 6.74. The van der Waals surface area contributed by atoms with Crippen molar-refractivity contribution < 1.29 is 14.3 Å². The number of carbonyl (C=O) groups is 2. The highest BCUT2D eigenvalue weighted by Crippen LogP contribution is 2.29. The van der Waals surface area contributed by atoms with Gasteiger partial charge in [0.25, 0.3) is 5.91 Å². The quantitative estimate of drug-likeness (QED) is 0.745. The van der Waals surface area contributed by atoms with Crippen LogP contribution in [0.5, 0.6) is 5.75 Å². The van der Waals surface area contributed by atoms with E-state index in [2.05, 4.69) is 16.0 Å². The van der Waals surface area contributed by atoms with Crippen LogP contribution in [0, 0.1) is 0 Å². The number of amides is 3. The van der Waals surface area contributed by atoms with Crippen LogP contribution in [0.4, 0.5) is 16.2 Å². The highest BCUT2D eigenvalue weighted by atomic mass is 16.5. The van der Waals surface area contributed by atoms with Crippen LogP contribution in [0.1, 0.15) is 18.5 Å². The predicted octanol–water partition coefficient (Wildman–Crippen LogP) is 3.03. The first kappa shape index (κ1) is 19.3. The maximum absolute atomic E-state index is 13.0. The average Bonchev–Trinajstić information content (AvgIpc) is 2.67. The first-order valence-corrected chi connectivity index (χ1v) is 8.90. The molecule has 0 radical (unpaired) electrons. The molecule has 3 N–H and O–H groups in total. The number of allylic oxidation sites excluding steroid dienone is 1. The molecule has 0 saturated carbocycles. The number of carbonyl (C=O) groups excluding carboxylic acids is 2. The third kappa shape index (κ3) is 4.09. The lowest BCUT2D eigenvalue weighted by Crippen LogP contribution is -2.45. The molecule has 1 heterocycles. The highest BCUT2D eigenvalue weighted by molar-refractivity contribution is 6.06. The Balaban J connectivity index is 1.91. The minimum absolute atomic E-state index is 0.292. The molecule has 7 nitrogen and oxygen atoms in total. The first-order chi connectivity index (χ1) is 13.4. The van der Waals surface area contributed by atoms with Crippen molar-refractivity contribution in [1.82, 2.24) is 10.6 Å². The number of hydrogen-bond acceptors (Lipinski definition) is 4. The summed E-state index contributed by atoms with van der Waals surface area (Å²) in [6.07, 6.45) is 0. The molecule has 7 heteroatoms. The van der Waals surface area contributed by atoms with Gasteiger partial charge in [-0.25, -0.2) is 4.79 Å². The van der Waals surface area contributed by atoms with E-state index in [1.807, 2.05) is 43.3 Å². The van der Waals surface area contributed by atoms with Crippen LogP contribution in [-0.2, 0) is 4.79 Å². The van der Waals surface area contributed by atoms with E-state index in [1.54, 1.807) is 38.3 Å². The number of anilines is 2. The number of urea groups is 1. The summed E-state index contributed by atoms with van der Waals surface area (Å²) in [5.41, 5.74) is 3.46. The molecule has 3 rings (SSSR count). The molecule has 1 aliphatic rings. The number of methoxy groups -OCH3 is 1. The van der Waals surface area contributed by atoms with Crippen LogP contribution in [0.2, 0.25) is 0 Å². The van der Waals surface area contributed by atoms with Crippen LogP contribution in [0.3, 0.4) is 0 Å². The van der Waals surface area contributed by atoms with E-state index < -0.39 is 6.04 Å². The molecule has 3 amide bonds. The smallest absolute Gasteiger partial charge is 0.319 e. The maximum Gasteiger partial charge on any atom is 0.319 e. The standard InChI is InChI=1S/C21H24N4O3/c1-13-18(20(26)23-15-6-5-7-17(12-15)28-4)19(24-21(27)22-13)14-8-10-16(11-9-14)25(2)3/h5-12,19H,1-4H3,(H,23,26)(H2,22,24,27)/t19-/m1/s1. The largest absolute Gasteiger partial charge is 0.497 e. The van der Waals surface area contributed by atoms with Crippen molar-refractivity contribution in [3.63, 3.8) is 0 Å². The number of rotatable bonds is 5. The molecule has 2 aromatic rings. The molecule has 1 aliphatic heterocycles. The maximum atomic E-state index is 13.0. The van der Waals surface area contributed by atoms with Gasteiger partial charge in [0, 0.05) is 37.2 Å². The van der Waals surface area contributed by atoms with E-state index in [0.717, 1.165) is 11.3 Å². The number of hydrogen-bond donors (Lipinski definition) is 3. The van der Waals surface area contributed by atoms with Crippen LogP contribution in [-0.4, -0.2) is 33.1 Å². The summed E-state index contributed by atoms with van der Waals surface area (Å²) in [6.45, 7) is 1.72. The zero-order chi connectivity index (χ0) is 20.3. The second kappa shape index (κ2) is 8.04. The second-order valence-electron chi connectivity index (χ2n) is 6.74. The zero-order valence-corrected chi connectivity index (χ0v) is 16.4. The van der Waals surface area contributed by atoms with Crippen molar-refractivity contribution in [3.8, 4) is 5.75 Å². The van der Waals surface area contributed by atoms with Crippen LogP contribution >= 0.6 is 0 Å². The summed E-state index contributed by atoms with van der Waals surface area (Å²) >= 11 is 0. The van der Waals surface area contributed by atoms with E-state index in [1.165, 1.54) is 0 Å². The van der Waals surface area contributed by atoms with Crippen molar-refractivity contribution >= 4 is 23.3 Å². The summed E-state index contributed by atoms with van der Waals surface area (Å²) in [5, 5.41) is 8.41. The minimum atomic E-state index is -0.546. The van der Waals surface area contributed by atoms with Crippen molar-refractivity contribution in [3.05, 3.63) is 65.4 Å². The Morgan fingerprint density at radius 3 is 2.50 bits per heavy atom. The summed E-state index contributed by atoms with van der Waals surface area (Å²) in [6, 6.07) is 14.0. The van der Waals surface area contributed by atoms with Gasteiger partial charge in [-0.1, -0.05) is 18.2 Å². The van der Waals surface area contributed by atoms with Crippen LogP contribution in [0.25, 0.3) is 0 Å². The Kier molecular flexibility index (Phi) is 5.54. The zero-order valence-electron chi connectivity index (χ0n) is 16.4. The lowest BCUT2D eigenvalue weighted by Gasteiger charge is -2.29. The van der Waals surface area contributed by atoms with Gasteiger partial charge in [-0.05, 0) is 36.8 Å². The molecule has 0 bridgehead atoms. The molecule has 0 spiro atoms. The monoisotopic (exact) mass is 380 g/mol. The average molecular weight is 380 g/mol. The van der Waals surface area contributed by atoms with Gasteiger partial charge in [0.1, 0.15) is 5.75 Å². The molecular weight excluding hydrogens is 356 g/mol. The minimum Gasteiger partial charge on any atom is -0.497 e. The highest BCUT2D eigenvalue weighted by Gasteiger charge is 2.31. The van der Waals surface area contributed by atoms with E-state index in [4.69, 9.17) is 4.74 Å². The molecular formula is C21H24N4O3. The fourth-order valence-corrected chi connectivity index (χ4v) is 3.11. The van der Waals surface area contributed by atoms with Gasteiger partial charge in [-0.15, -0.1) is 0 Å². The molecule has 0 aliphatic carbocycles. The third-order valence-electron chi connectivity index (χ3n) is 4.58. The number of nitrogens with one attached hydrogen (secondary N) is 3. The van der Waals surface area contributed by atoms with E-state index in [-0.39, 0.29) is 11.9 Å². The molecule has 2 aromatic carbocycles. The SMILES string of the molecule is COc1cccc(NC(=O)C2=C(C)NC(=O)N[C@@H]2c2ccc(N(C)C)cc2)c1. The van der Waals surface area contributed by atoms with Crippen molar-refractivity contribution in [1.29, 1.82) is 0 Å². The van der Waals surface area contributed by atoms with E-state index in [9.17, 15) is 9.59 Å². The van der Waals surface area contributed by atoms with Gasteiger partial charge in [-0.2, -0.15) is 0 Å². The Morgan fingerprint density at radius 1 is 1.14 bits per heavy atom. The van der Waals surface area contributed by atoms with Gasteiger partial charge in [-0.3, -0.25) is 4.79 Å². The number of nitrogens with zero attached hydrogens (tertiary/aromatic N) is 1. The first-order valence-electron chi connectivity index (χ1n) is 8.90. The Hall–Kier alpha value is -3.48. The number of benzene rings is 2. The lowest BCUT2D eigenvalue weighted by molar-refractivity contribution is -0.113. The molecule has 0 saturated heterocycles. The van der Waals surface area contributed by atoms with Gasteiger partial charge in [0.2, 0.25) is 0 Å². The fraction of sp³-hybridized carbons (Fsp3) is 0.238. The van der Waals surface area contributed by atoms with Crippen molar-refractivity contribution in [2.24, 2.45) is 0 Å². The van der Waals surface area contributed by atoms with Crippen molar-refractivity contribution in [2.75, 3.05) is 31.4 Å². The number of ether oxygens (including phenoxy) is 1. The summed E-state index contributed by atoms with van der Waals surface area (Å²) in [5.74, 6) is 0.356. The van der Waals surface area contributed by atoms with Crippen LogP contribution in [0.15, 0.2) is 59.8 Å². The van der Waals surface area contributed by atoms with Crippen molar-refractivity contribution in [2.45, 2.75) is 13.0 Å². The van der Waals surface area contributed by atoms with Gasteiger partial charge in [0.05, 0.1) is 18.7 Å². The fourth-order valence-electron chi connectivity index (χ4n) is 3.11. The topological polar surface area (TPSA) is 82.7 Å². The third-order valence-corrected chi connectivity index (χ3v) is 4.58. The Labute approximate surface area is 164 Å². The lowest BCUT2D eigenvalue weighted by atomic mass is 9.94. The van der Waals surface area contributed by atoms with E-state index >= 15 is 0 Å². The van der Waals surface area contributed by atoms with Gasteiger partial charge in [0.15, 0.2) is 0 Å². The van der Waals surface area contributed by atoms with E-state index in [0.29, 0.717) is 22.7 Å². The molecule has 28 heavy (non-hydrogen) atoms.